The molecular weight excluding hydrogens is 362 g/mol. The summed E-state index contributed by atoms with van der Waals surface area (Å²) in [6.07, 6.45) is 3.80. The summed E-state index contributed by atoms with van der Waals surface area (Å²) in [7, 11) is 0. The van der Waals surface area contributed by atoms with Gasteiger partial charge in [-0.25, -0.2) is 0 Å². The van der Waals surface area contributed by atoms with Crippen LogP contribution in [0.25, 0.3) is 0 Å². The summed E-state index contributed by atoms with van der Waals surface area (Å²) >= 11 is 2.87. The van der Waals surface area contributed by atoms with Gasteiger partial charge >= 0.3 is 0 Å². The molecule has 0 saturated heterocycles. The van der Waals surface area contributed by atoms with Crippen LogP contribution in [0.3, 0.4) is 0 Å². The highest BCUT2D eigenvalue weighted by Gasteiger charge is 2.27. The summed E-state index contributed by atoms with van der Waals surface area (Å²) in [5.41, 5.74) is 1.98. The summed E-state index contributed by atoms with van der Waals surface area (Å²) in [5.74, 6) is 0. The molecule has 11 heavy (non-hydrogen) atoms. The molecule has 0 N–H and O–H groups in total. The molecule has 0 radical (unpaired) electrons. The third kappa shape index (κ3) is 2.50. The van der Waals surface area contributed by atoms with E-state index >= 15 is 0 Å². The second kappa shape index (κ2) is 3.85. The zero-order valence-corrected chi connectivity index (χ0v) is 11.4. The van der Waals surface area contributed by atoms with Gasteiger partial charge in [-0.2, -0.15) is 0 Å². The van der Waals surface area contributed by atoms with Crippen LogP contribution < -0.4 is 0 Å². The lowest BCUT2D eigenvalue weighted by Gasteiger charge is -2.32. The molecule has 0 nitrogen and oxygen atoms in total. The van der Waals surface area contributed by atoms with E-state index in [1.807, 2.05) is 0 Å². The van der Waals surface area contributed by atoms with Crippen molar-refractivity contribution >= 4 is 38.9 Å². The van der Waals surface area contributed by atoms with Gasteiger partial charge in [0.15, 0.2) is 0 Å². The highest BCUT2D eigenvalue weighted by Crippen LogP contribution is 2.39. The van der Waals surface area contributed by atoms with Crippen LogP contribution in [-0.4, -0.2) is 3.51 Å². The van der Waals surface area contributed by atoms with Crippen molar-refractivity contribution in [1.29, 1.82) is 0 Å². The molecule has 0 aromatic rings. The Kier molecular flexibility index (Phi) is 3.56. The molecular formula is C9H14I2. The fraction of sp³-hybridized carbons (Fsp3) is 0.667. The van der Waals surface area contributed by atoms with E-state index in [9.17, 15) is 0 Å². The largest absolute Gasteiger partial charge is 0.0995 e. The zero-order valence-electron chi connectivity index (χ0n) is 7.08. The van der Waals surface area contributed by atoms with Gasteiger partial charge in [0, 0.05) is 0 Å². The van der Waals surface area contributed by atoms with Gasteiger partial charge in [-0.3, -0.25) is 0 Å². The Morgan fingerprint density at radius 1 is 1.55 bits per heavy atom. The number of rotatable bonds is 0. The molecule has 0 bridgehead atoms. The third-order valence-corrected chi connectivity index (χ3v) is 7.96. The van der Waals surface area contributed by atoms with E-state index in [2.05, 4.69) is 39.0 Å². The Morgan fingerprint density at radius 3 is 2.64 bits per heavy atom. The zero-order chi connectivity index (χ0) is 8.48. The highest BCUT2D eigenvalue weighted by atomic mass is 128. The molecule has 1 rings (SSSR count). The maximum absolute atomic E-state index is 4.07. The highest BCUT2D eigenvalue weighted by molar-refractivity contribution is 15.0. The second-order valence-corrected chi connectivity index (χ2v) is 8.23. The molecule has 2 heteroatoms. The van der Waals surface area contributed by atoms with Crippen LogP contribution >= 0.6 is 35.4 Å². The van der Waals surface area contributed by atoms with Crippen molar-refractivity contribution in [1.82, 2.24) is 0 Å². The first-order valence-electron chi connectivity index (χ1n) is 3.85. The first kappa shape index (κ1) is 10.2. The van der Waals surface area contributed by atoms with Crippen molar-refractivity contribution in [3.63, 3.8) is 0 Å². The van der Waals surface area contributed by atoms with Gasteiger partial charge in [-0.1, -0.05) is 26.0 Å². The Hall–Kier alpha value is 1.07. The first-order chi connectivity index (χ1) is 5.06. The van der Waals surface area contributed by atoms with E-state index in [4.69, 9.17) is 0 Å². The minimum Gasteiger partial charge on any atom is -0.0995 e. The summed E-state index contributed by atoms with van der Waals surface area (Å²) in [4.78, 5) is 0. The molecule has 0 heterocycles. The Balaban J connectivity index is 2.80. The molecule has 0 spiro atoms. The van der Waals surface area contributed by atoms with E-state index in [-0.39, 0.29) is 0 Å². The summed E-state index contributed by atoms with van der Waals surface area (Å²) < 4.78 is 1.79. The van der Waals surface area contributed by atoms with Gasteiger partial charge in [0.05, 0.1) is 0 Å². The van der Waals surface area contributed by atoms with Crippen molar-refractivity contribution in [3.05, 3.63) is 12.2 Å². The van der Waals surface area contributed by atoms with E-state index in [1.165, 1.54) is 24.8 Å². The molecule has 1 saturated carbocycles. The predicted molar refractivity (Wildman–Crippen MR) is 69.8 cm³/mol. The summed E-state index contributed by atoms with van der Waals surface area (Å²) in [6.45, 7) is 8.84. The van der Waals surface area contributed by atoms with Crippen molar-refractivity contribution in [2.45, 2.75) is 33.1 Å². The number of hydrogen-bond donors (Lipinski definition) is 0. The smallest absolute Gasteiger partial charge is 0.00446 e. The molecule has 0 atom stereocenters. The first-order valence-corrected chi connectivity index (χ1v) is 11.2. The van der Waals surface area contributed by atoms with Crippen LogP contribution in [0.2, 0.25) is 0 Å². The average Bonchev–Trinajstić information content (AvgIpc) is 1.94. The molecule has 0 aliphatic heterocycles. The van der Waals surface area contributed by atoms with E-state index in [0.29, 0.717) is 22.2 Å². The SMILES string of the molecule is C=C1CCC(C)(C)C(=II)C1. The minimum atomic E-state index is 0.295. The molecule has 64 valence electrons. The van der Waals surface area contributed by atoms with Gasteiger partial charge in [0.25, 0.3) is 0 Å². The van der Waals surface area contributed by atoms with E-state index in [1.54, 1.807) is 3.51 Å². The Morgan fingerprint density at radius 2 is 2.18 bits per heavy atom. The van der Waals surface area contributed by atoms with Gasteiger partial charge in [0.2, 0.25) is 0 Å². The lowest BCUT2D eigenvalue weighted by Crippen LogP contribution is -2.26. The monoisotopic (exact) mass is 376 g/mol. The van der Waals surface area contributed by atoms with Crippen molar-refractivity contribution in [2.75, 3.05) is 0 Å². The fourth-order valence-electron chi connectivity index (χ4n) is 1.29. The van der Waals surface area contributed by atoms with E-state index < -0.39 is 0 Å². The molecule has 0 amide bonds. The van der Waals surface area contributed by atoms with Crippen LogP contribution in [0.5, 0.6) is 0 Å². The maximum atomic E-state index is 4.07. The molecule has 1 fully saturated rings. The molecule has 0 aromatic heterocycles. The van der Waals surface area contributed by atoms with Crippen LogP contribution in [0.4, 0.5) is 0 Å². The normalized spacial score (nSPS) is 28.3. The van der Waals surface area contributed by atoms with Gasteiger partial charge in [-0.05, 0) is 63.6 Å². The minimum absolute atomic E-state index is 0.295. The van der Waals surface area contributed by atoms with Crippen molar-refractivity contribution < 1.29 is 0 Å². The molecule has 1 aliphatic rings. The van der Waals surface area contributed by atoms with Crippen molar-refractivity contribution in [3.8, 4) is 0 Å². The van der Waals surface area contributed by atoms with Gasteiger partial charge < -0.3 is 0 Å². The standard InChI is InChI=1S/C9H14I2/c1-7-4-5-9(2,3)8(6-7)11-10/h1,4-6H2,2-3H3. The second-order valence-electron chi connectivity index (χ2n) is 3.79. The van der Waals surface area contributed by atoms with Gasteiger partial charge in [-0.15, -0.1) is 0 Å². The lowest BCUT2D eigenvalue weighted by molar-refractivity contribution is 0.457. The van der Waals surface area contributed by atoms with Crippen LogP contribution in [0, 0.1) is 5.41 Å². The lowest BCUT2D eigenvalue weighted by atomic mass is 9.76. The molecule has 0 unspecified atom stereocenters. The van der Waals surface area contributed by atoms with E-state index in [0.717, 1.165) is 0 Å². The number of halogens is 2. The van der Waals surface area contributed by atoms with Crippen LogP contribution in [-0.2, 0) is 0 Å². The quantitative estimate of drug-likeness (QED) is 0.438. The number of allylic oxidation sites excluding steroid dienone is 1. The molecule has 0 aromatic carbocycles. The predicted octanol–water partition coefficient (Wildman–Crippen LogP) is 4.25. The molecule has 1 aliphatic carbocycles. The average molecular weight is 376 g/mol. The number of hydrogen-bond acceptors (Lipinski definition) is 0. The Bertz CT molecular complexity index is 202. The van der Waals surface area contributed by atoms with Crippen LogP contribution in [0.15, 0.2) is 12.2 Å². The van der Waals surface area contributed by atoms with Crippen molar-refractivity contribution in [2.24, 2.45) is 5.41 Å². The van der Waals surface area contributed by atoms with Crippen LogP contribution in [0.1, 0.15) is 33.1 Å². The summed E-state index contributed by atoms with van der Waals surface area (Å²) in [6, 6.07) is 0. The third-order valence-electron chi connectivity index (χ3n) is 2.33. The Labute approximate surface area is 88.8 Å². The topological polar surface area (TPSA) is 0 Å². The fourth-order valence-corrected chi connectivity index (χ4v) is 7.47. The maximum Gasteiger partial charge on any atom is -0.00446 e. The summed E-state index contributed by atoms with van der Waals surface area (Å²) in [5, 5.41) is 0. The van der Waals surface area contributed by atoms with Gasteiger partial charge in [0.1, 0.15) is 0 Å².